The molecule has 2 aromatic rings. The molecule has 0 bridgehead atoms. The van der Waals surface area contributed by atoms with Gasteiger partial charge in [0.2, 0.25) is 11.8 Å². The lowest BCUT2D eigenvalue weighted by molar-refractivity contribution is -0.124. The number of anilines is 1. The van der Waals surface area contributed by atoms with Gasteiger partial charge >= 0.3 is 0 Å². The SMILES string of the molecule is O=C(CCC(=O)Nc1ccc(F)cc1)NN=Cc1ccccc1O. The molecule has 2 amide bonds. The summed E-state index contributed by atoms with van der Waals surface area (Å²) in [4.78, 5) is 23.3. The number of phenols is 1. The molecular formula is C17H16FN3O3. The zero-order valence-corrected chi connectivity index (χ0v) is 12.7. The molecule has 6 nitrogen and oxygen atoms in total. The number of nitrogens with zero attached hydrogens (tertiary/aromatic N) is 1. The van der Waals surface area contributed by atoms with Crippen LogP contribution in [-0.4, -0.2) is 23.1 Å². The van der Waals surface area contributed by atoms with Crippen LogP contribution in [0.3, 0.4) is 0 Å². The van der Waals surface area contributed by atoms with Crippen molar-refractivity contribution in [1.29, 1.82) is 0 Å². The van der Waals surface area contributed by atoms with E-state index in [9.17, 15) is 19.1 Å². The third-order valence-corrected chi connectivity index (χ3v) is 3.04. The summed E-state index contributed by atoms with van der Waals surface area (Å²) in [6.07, 6.45) is 1.23. The van der Waals surface area contributed by atoms with E-state index in [2.05, 4.69) is 15.8 Å². The average Bonchev–Trinajstić information content (AvgIpc) is 2.57. The van der Waals surface area contributed by atoms with Crippen molar-refractivity contribution in [2.75, 3.05) is 5.32 Å². The molecule has 0 aromatic heterocycles. The topological polar surface area (TPSA) is 90.8 Å². The van der Waals surface area contributed by atoms with Crippen LogP contribution < -0.4 is 10.7 Å². The van der Waals surface area contributed by atoms with Crippen LogP contribution in [0.5, 0.6) is 5.75 Å². The van der Waals surface area contributed by atoms with Gasteiger partial charge in [-0.15, -0.1) is 0 Å². The van der Waals surface area contributed by atoms with Gasteiger partial charge in [0.05, 0.1) is 6.21 Å². The van der Waals surface area contributed by atoms with Gasteiger partial charge in [0.15, 0.2) is 0 Å². The van der Waals surface area contributed by atoms with Gasteiger partial charge in [0.25, 0.3) is 0 Å². The number of aromatic hydroxyl groups is 1. The van der Waals surface area contributed by atoms with Crippen LogP contribution in [-0.2, 0) is 9.59 Å². The maximum atomic E-state index is 12.7. The van der Waals surface area contributed by atoms with E-state index in [1.54, 1.807) is 18.2 Å². The largest absolute Gasteiger partial charge is 0.507 e. The zero-order chi connectivity index (χ0) is 17.4. The highest BCUT2D eigenvalue weighted by atomic mass is 19.1. The second kappa shape index (κ2) is 8.42. The van der Waals surface area contributed by atoms with Gasteiger partial charge in [-0.2, -0.15) is 5.10 Å². The molecule has 124 valence electrons. The van der Waals surface area contributed by atoms with Gasteiger partial charge in [0, 0.05) is 24.1 Å². The van der Waals surface area contributed by atoms with E-state index in [0.29, 0.717) is 11.3 Å². The first-order valence-corrected chi connectivity index (χ1v) is 7.20. The first kappa shape index (κ1) is 17.1. The van der Waals surface area contributed by atoms with E-state index >= 15 is 0 Å². The summed E-state index contributed by atoms with van der Waals surface area (Å²) in [6.45, 7) is 0. The minimum absolute atomic E-state index is 0.0324. The van der Waals surface area contributed by atoms with Gasteiger partial charge in [-0.25, -0.2) is 9.82 Å². The number of phenolic OH excluding ortho intramolecular Hbond substituents is 1. The van der Waals surface area contributed by atoms with E-state index in [1.165, 1.54) is 36.5 Å². The molecule has 0 aliphatic rings. The van der Waals surface area contributed by atoms with Gasteiger partial charge in [-0.05, 0) is 36.4 Å². The van der Waals surface area contributed by atoms with Crippen molar-refractivity contribution in [2.45, 2.75) is 12.8 Å². The molecule has 24 heavy (non-hydrogen) atoms. The summed E-state index contributed by atoms with van der Waals surface area (Å²) in [5.74, 6) is -1.14. The minimum Gasteiger partial charge on any atom is -0.507 e. The maximum absolute atomic E-state index is 12.7. The summed E-state index contributed by atoms with van der Waals surface area (Å²) >= 11 is 0. The summed E-state index contributed by atoms with van der Waals surface area (Å²) in [7, 11) is 0. The number of para-hydroxylation sites is 1. The van der Waals surface area contributed by atoms with Gasteiger partial charge in [-0.1, -0.05) is 12.1 Å². The number of rotatable bonds is 6. The maximum Gasteiger partial charge on any atom is 0.240 e. The van der Waals surface area contributed by atoms with E-state index in [4.69, 9.17) is 0 Å². The number of carbonyl (C=O) groups is 2. The molecule has 0 atom stereocenters. The quantitative estimate of drug-likeness (QED) is 0.561. The second-order valence-electron chi connectivity index (χ2n) is 4.91. The fourth-order valence-corrected chi connectivity index (χ4v) is 1.81. The van der Waals surface area contributed by atoms with Gasteiger partial charge in [0.1, 0.15) is 11.6 Å². The molecular weight excluding hydrogens is 313 g/mol. The van der Waals surface area contributed by atoms with Crippen LogP contribution >= 0.6 is 0 Å². The molecule has 3 N–H and O–H groups in total. The molecule has 2 aromatic carbocycles. The molecule has 0 aliphatic heterocycles. The summed E-state index contributed by atoms with van der Waals surface area (Å²) in [5, 5.41) is 15.8. The summed E-state index contributed by atoms with van der Waals surface area (Å²) < 4.78 is 12.7. The molecule has 0 heterocycles. The lowest BCUT2D eigenvalue weighted by Crippen LogP contribution is -2.20. The van der Waals surface area contributed by atoms with Crippen LogP contribution in [0.25, 0.3) is 0 Å². The van der Waals surface area contributed by atoms with Crippen molar-refractivity contribution in [2.24, 2.45) is 5.10 Å². The molecule has 2 rings (SSSR count). The fraction of sp³-hybridized carbons (Fsp3) is 0.118. The number of hydrogen-bond acceptors (Lipinski definition) is 4. The lowest BCUT2D eigenvalue weighted by Gasteiger charge is -2.04. The monoisotopic (exact) mass is 329 g/mol. The Labute approximate surface area is 138 Å². The Morgan fingerprint density at radius 3 is 2.42 bits per heavy atom. The molecule has 0 radical (unpaired) electrons. The number of amides is 2. The number of hydrogen-bond donors (Lipinski definition) is 3. The molecule has 0 spiro atoms. The van der Waals surface area contributed by atoms with Gasteiger partial charge in [-0.3, -0.25) is 9.59 Å². The van der Waals surface area contributed by atoms with Crippen LogP contribution in [0.4, 0.5) is 10.1 Å². The smallest absolute Gasteiger partial charge is 0.240 e. The molecule has 0 saturated carbocycles. The summed E-state index contributed by atoms with van der Waals surface area (Å²) in [6, 6.07) is 11.9. The van der Waals surface area contributed by atoms with Crippen LogP contribution in [0.15, 0.2) is 53.6 Å². The number of hydrazone groups is 1. The standard InChI is InChI=1S/C17H16FN3O3/c18-13-5-7-14(8-6-13)20-16(23)9-10-17(24)21-19-11-12-3-1-2-4-15(12)22/h1-8,11,22H,9-10H2,(H,20,23)(H,21,24). The molecule has 7 heteroatoms. The van der Waals surface area contributed by atoms with Crippen molar-refractivity contribution >= 4 is 23.7 Å². The molecule has 0 saturated heterocycles. The van der Waals surface area contributed by atoms with Gasteiger partial charge < -0.3 is 10.4 Å². The Kier molecular flexibility index (Phi) is 6.01. The van der Waals surface area contributed by atoms with Crippen molar-refractivity contribution < 1.29 is 19.1 Å². The highest BCUT2D eigenvalue weighted by Crippen LogP contribution is 2.12. The molecule has 0 fully saturated rings. The van der Waals surface area contributed by atoms with E-state index in [1.807, 2.05) is 0 Å². The number of carbonyl (C=O) groups excluding carboxylic acids is 2. The predicted octanol–water partition coefficient (Wildman–Crippen LogP) is 2.40. The Balaban J connectivity index is 1.73. The normalized spacial score (nSPS) is 10.5. The van der Waals surface area contributed by atoms with Crippen molar-refractivity contribution in [3.63, 3.8) is 0 Å². The third-order valence-electron chi connectivity index (χ3n) is 3.04. The third kappa shape index (κ3) is 5.53. The van der Waals surface area contributed by atoms with Crippen LogP contribution in [0.1, 0.15) is 18.4 Å². The Morgan fingerprint density at radius 2 is 1.71 bits per heavy atom. The van der Waals surface area contributed by atoms with E-state index in [0.717, 1.165) is 0 Å². The number of benzene rings is 2. The first-order chi connectivity index (χ1) is 11.5. The van der Waals surface area contributed by atoms with Crippen molar-refractivity contribution in [3.05, 3.63) is 59.9 Å². The van der Waals surface area contributed by atoms with Crippen molar-refractivity contribution in [1.82, 2.24) is 5.43 Å². The lowest BCUT2D eigenvalue weighted by atomic mass is 10.2. The number of nitrogens with one attached hydrogen (secondary N) is 2. The van der Waals surface area contributed by atoms with E-state index in [-0.39, 0.29) is 24.5 Å². The zero-order valence-electron chi connectivity index (χ0n) is 12.7. The molecule has 0 aliphatic carbocycles. The first-order valence-electron chi connectivity index (χ1n) is 7.20. The van der Waals surface area contributed by atoms with Crippen LogP contribution in [0, 0.1) is 5.82 Å². The molecule has 0 unspecified atom stereocenters. The second-order valence-corrected chi connectivity index (χ2v) is 4.91. The summed E-state index contributed by atoms with van der Waals surface area (Å²) in [5.41, 5.74) is 3.20. The predicted molar refractivity (Wildman–Crippen MR) is 88.1 cm³/mol. The average molecular weight is 329 g/mol. The number of halogens is 1. The highest BCUT2D eigenvalue weighted by molar-refractivity contribution is 5.93. The van der Waals surface area contributed by atoms with E-state index < -0.39 is 11.7 Å². The minimum atomic E-state index is -0.434. The Morgan fingerprint density at radius 1 is 1.04 bits per heavy atom. The Bertz CT molecular complexity index is 745. The highest BCUT2D eigenvalue weighted by Gasteiger charge is 2.07. The van der Waals surface area contributed by atoms with Crippen molar-refractivity contribution in [3.8, 4) is 5.75 Å². The Hall–Kier alpha value is -3.22. The van der Waals surface area contributed by atoms with Crippen LogP contribution in [0.2, 0.25) is 0 Å². The fourth-order valence-electron chi connectivity index (χ4n) is 1.81.